The Labute approximate surface area is 167 Å². The summed E-state index contributed by atoms with van der Waals surface area (Å²) in [5.74, 6) is -2.16. The van der Waals surface area contributed by atoms with Crippen LogP contribution in [0.4, 0.5) is 0 Å². The van der Waals surface area contributed by atoms with Crippen LogP contribution in [-0.2, 0) is 16.1 Å². The van der Waals surface area contributed by atoms with Crippen LogP contribution in [0.25, 0.3) is 11.0 Å². The number of esters is 1. The topological polar surface area (TPSA) is 113 Å². The fourth-order valence-electron chi connectivity index (χ4n) is 2.78. The number of nitriles is 1. The number of Topliss-reactive ketones (excluding diaryl/α,β-unsaturated/α-hetero) is 1. The summed E-state index contributed by atoms with van der Waals surface area (Å²) in [6.07, 6.45) is 0. The minimum absolute atomic E-state index is 0.0602. The SMILES string of the molecule is CC(=N)C(C#N)C(=O)COC(=O)c1oc2ccccc2c1COc1ccccc1. The van der Waals surface area contributed by atoms with Crippen molar-refractivity contribution in [1.82, 2.24) is 0 Å². The van der Waals surface area contributed by atoms with Crippen LogP contribution < -0.4 is 4.74 Å². The summed E-state index contributed by atoms with van der Waals surface area (Å²) in [7, 11) is 0. The molecule has 1 aromatic heterocycles. The van der Waals surface area contributed by atoms with Gasteiger partial charge in [-0.3, -0.25) is 4.79 Å². The lowest BCUT2D eigenvalue weighted by atomic mass is 10.0. The number of carbonyl (C=O) groups excluding carboxylic acids is 2. The first-order valence-electron chi connectivity index (χ1n) is 8.84. The van der Waals surface area contributed by atoms with E-state index in [2.05, 4.69) is 0 Å². The van der Waals surface area contributed by atoms with Crippen molar-refractivity contribution in [2.24, 2.45) is 5.92 Å². The summed E-state index contributed by atoms with van der Waals surface area (Å²) in [6.45, 7) is 0.801. The third-order valence-electron chi connectivity index (χ3n) is 4.24. The molecule has 0 spiro atoms. The number of benzene rings is 2. The van der Waals surface area contributed by atoms with E-state index < -0.39 is 24.3 Å². The highest BCUT2D eigenvalue weighted by Crippen LogP contribution is 2.28. The predicted octanol–water partition coefficient (Wildman–Crippen LogP) is 3.92. The molecule has 0 saturated heterocycles. The Kier molecular flexibility index (Phi) is 6.05. The molecule has 0 saturated carbocycles. The van der Waals surface area contributed by atoms with Crippen molar-refractivity contribution >= 4 is 28.4 Å². The third-order valence-corrected chi connectivity index (χ3v) is 4.24. The van der Waals surface area contributed by atoms with Crippen molar-refractivity contribution in [2.45, 2.75) is 13.5 Å². The number of ether oxygens (including phenoxy) is 2. The highest BCUT2D eigenvalue weighted by atomic mass is 16.5. The quantitative estimate of drug-likeness (QED) is 0.461. The molecule has 1 unspecified atom stereocenters. The molecule has 0 aliphatic heterocycles. The van der Waals surface area contributed by atoms with E-state index in [4.69, 9.17) is 24.6 Å². The van der Waals surface area contributed by atoms with Crippen LogP contribution in [-0.4, -0.2) is 24.1 Å². The minimum Gasteiger partial charge on any atom is -0.489 e. The number of ketones is 1. The summed E-state index contributed by atoms with van der Waals surface area (Å²) in [4.78, 5) is 24.6. The molecule has 2 aromatic carbocycles. The van der Waals surface area contributed by atoms with Crippen molar-refractivity contribution in [3.8, 4) is 11.8 Å². The molecule has 1 N–H and O–H groups in total. The van der Waals surface area contributed by atoms with Gasteiger partial charge in [0.25, 0.3) is 0 Å². The van der Waals surface area contributed by atoms with Gasteiger partial charge in [-0.05, 0) is 25.1 Å². The van der Waals surface area contributed by atoms with Gasteiger partial charge in [0.15, 0.2) is 12.4 Å². The van der Waals surface area contributed by atoms with Crippen LogP contribution in [0.1, 0.15) is 23.0 Å². The Balaban J connectivity index is 1.80. The fraction of sp³-hybridized carbons (Fsp3) is 0.182. The standard InChI is InChI=1S/C22H18N2O5/c1-14(24)17(11-23)19(25)13-28-22(26)21-18(12-27-15-7-3-2-4-8-15)16-9-5-6-10-20(16)29-21/h2-10,17,24H,12-13H2,1H3. The maximum absolute atomic E-state index is 12.6. The van der Waals surface area contributed by atoms with Crippen LogP contribution in [0, 0.1) is 22.7 Å². The number of para-hydroxylation sites is 2. The van der Waals surface area contributed by atoms with Gasteiger partial charge in [-0.25, -0.2) is 4.79 Å². The molecule has 0 fully saturated rings. The molecular weight excluding hydrogens is 372 g/mol. The molecule has 0 bridgehead atoms. The summed E-state index contributed by atoms with van der Waals surface area (Å²) in [5, 5.41) is 17.1. The van der Waals surface area contributed by atoms with Gasteiger partial charge < -0.3 is 19.3 Å². The third kappa shape index (κ3) is 4.50. The molecule has 7 nitrogen and oxygen atoms in total. The van der Waals surface area contributed by atoms with E-state index in [1.54, 1.807) is 36.4 Å². The Hall–Kier alpha value is -3.92. The van der Waals surface area contributed by atoms with E-state index >= 15 is 0 Å². The van der Waals surface area contributed by atoms with Gasteiger partial charge in [-0.2, -0.15) is 5.26 Å². The Bertz CT molecular complexity index is 1100. The number of fused-ring (bicyclic) bond motifs is 1. The fourth-order valence-corrected chi connectivity index (χ4v) is 2.78. The molecule has 0 aliphatic carbocycles. The molecular formula is C22H18N2O5. The first kappa shape index (κ1) is 19.8. The summed E-state index contributed by atoms with van der Waals surface area (Å²) >= 11 is 0. The molecule has 1 heterocycles. The molecule has 1 atom stereocenters. The van der Waals surface area contributed by atoms with Gasteiger partial charge in [0.05, 0.1) is 11.6 Å². The normalized spacial score (nSPS) is 11.4. The zero-order chi connectivity index (χ0) is 20.8. The Morgan fingerprint density at radius 3 is 2.52 bits per heavy atom. The maximum atomic E-state index is 12.6. The predicted molar refractivity (Wildman–Crippen MR) is 105 cm³/mol. The average Bonchev–Trinajstić information content (AvgIpc) is 3.10. The van der Waals surface area contributed by atoms with Crippen LogP contribution in [0.5, 0.6) is 5.75 Å². The Morgan fingerprint density at radius 2 is 1.83 bits per heavy atom. The van der Waals surface area contributed by atoms with Gasteiger partial charge >= 0.3 is 5.97 Å². The largest absolute Gasteiger partial charge is 0.489 e. The van der Waals surface area contributed by atoms with Crippen LogP contribution in [0.2, 0.25) is 0 Å². The van der Waals surface area contributed by atoms with E-state index in [0.717, 1.165) is 0 Å². The summed E-state index contributed by atoms with van der Waals surface area (Å²) in [5.41, 5.74) is 0.888. The lowest BCUT2D eigenvalue weighted by Gasteiger charge is -2.08. The minimum atomic E-state index is -1.24. The van der Waals surface area contributed by atoms with Gasteiger partial charge in [0.1, 0.15) is 23.9 Å². The second-order valence-electron chi connectivity index (χ2n) is 6.30. The molecule has 3 rings (SSSR count). The lowest BCUT2D eigenvalue weighted by molar-refractivity contribution is -0.122. The molecule has 3 aromatic rings. The van der Waals surface area contributed by atoms with Crippen molar-refractivity contribution in [3.05, 3.63) is 65.9 Å². The highest BCUT2D eigenvalue weighted by Gasteiger charge is 2.26. The summed E-state index contributed by atoms with van der Waals surface area (Å²) in [6, 6.07) is 17.9. The summed E-state index contributed by atoms with van der Waals surface area (Å²) < 4.78 is 16.5. The van der Waals surface area contributed by atoms with Crippen molar-refractivity contribution < 1.29 is 23.5 Å². The first-order valence-corrected chi connectivity index (χ1v) is 8.84. The molecule has 146 valence electrons. The number of rotatable bonds is 8. The molecule has 0 amide bonds. The zero-order valence-corrected chi connectivity index (χ0v) is 15.7. The van der Waals surface area contributed by atoms with Gasteiger partial charge in [0, 0.05) is 11.1 Å². The van der Waals surface area contributed by atoms with Crippen molar-refractivity contribution in [3.63, 3.8) is 0 Å². The van der Waals surface area contributed by atoms with E-state index in [9.17, 15) is 9.59 Å². The Morgan fingerprint density at radius 1 is 1.14 bits per heavy atom. The van der Waals surface area contributed by atoms with Gasteiger partial charge in [0.2, 0.25) is 5.76 Å². The highest BCUT2D eigenvalue weighted by molar-refractivity contribution is 6.06. The number of hydrogen-bond acceptors (Lipinski definition) is 7. The molecule has 0 radical (unpaired) electrons. The number of nitrogens with one attached hydrogen (secondary N) is 1. The van der Waals surface area contributed by atoms with E-state index in [0.29, 0.717) is 22.3 Å². The first-order chi connectivity index (χ1) is 14.0. The number of carbonyl (C=O) groups is 2. The number of hydrogen-bond donors (Lipinski definition) is 1. The smallest absolute Gasteiger partial charge is 0.375 e. The average molecular weight is 390 g/mol. The van der Waals surface area contributed by atoms with Crippen LogP contribution in [0.15, 0.2) is 59.0 Å². The van der Waals surface area contributed by atoms with Gasteiger partial charge in [-0.1, -0.05) is 36.4 Å². The second kappa shape index (κ2) is 8.85. The zero-order valence-electron chi connectivity index (χ0n) is 15.7. The van der Waals surface area contributed by atoms with Gasteiger partial charge in [-0.15, -0.1) is 0 Å². The van der Waals surface area contributed by atoms with E-state index in [1.807, 2.05) is 24.3 Å². The lowest BCUT2D eigenvalue weighted by Crippen LogP contribution is -2.25. The van der Waals surface area contributed by atoms with Crippen LogP contribution in [0.3, 0.4) is 0 Å². The van der Waals surface area contributed by atoms with Crippen molar-refractivity contribution in [1.29, 1.82) is 10.7 Å². The number of nitrogens with zero attached hydrogens (tertiary/aromatic N) is 1. The molecule has 29 heavy (non-hydrogen) atoms. The molecule has 0 aliphatic rings. The molecule has 7 heteroatoms. The maximum Gasteiger partial charge on any atom is 0.375 e. The van der Waals surface area contributed by atoms with E-state index in [1.165, 1.54) is 6.92 Å². The second-order valence-corrected chi connectivity index (χ2v) is 6.30. The number of furan rings is 1. The van der Waals surface area contributed by atoms with E-state index in [-0.39, 0.29) is 18.1 Å². The van der Waals surface area contributed by atoms with Crippen LogP contribution >= 0.6 is 0 Å². The monoisotopic (exact) mass is 390 g/mol. The van der Waals surface area contributed by atoms with Crippen molar-refractivity contribution in [2.75, 3.05) is 6.61 Å².